The van der Waals surface area contributed by atoms with E-state index >= 15 is 0 Å². The molecule has 0 aliphatic carbocycles. The van der Waals surface area contributed by atoms with E-state index in [1.807, 2.05) is 0 Å². The average molecular weight is 297 g/mol. The predicted octanol–water partition coefficient (Wildman–Crippen LogP) is 6.26. The van der Waals surface area contributed by atoms with E-state index in [1.54, 1.807) is 11.1 Å². The first kappa shape index (κ1) is 17.0. The third kappa shape index (κ3) is 4.09. The number of rotatable bonds is 9. The maximum atomic E-state index is 5.03. The van der Waals surface area contributed by atoms with Crippen LogP contribution >= 0.6 is 0 Å². The molecule has 1 aromatic heterocycles. The second kappa shape index (κ2) is 8.92. The Morgan fingerprint density at radius 3 is 2.00 bits per heavy atom. The zero-order chi connectivity index (χ0) is 15.8. The molecule has 120 valence electrons. The van der Waals surface area contributed by atoms with Crippen LogP contribution in [0.25, 0.3) is 10.9 Å². The van der Waals surface area contributed by atoms with Gasteiger partial charge in [0, 0.05) is 11.1 Å². The topological polar surface area (TPSA) is 12.9 Å². The molecule has 0 bridgehead atoms. The van der Waals surface area contributed by atoms with Crippen molar-refractivity contribution in [2.45, 2.75) is 78.6 Å². The van der Waals surface area contributed by atoms with Gasteiger partial charge in [0.15, 0.2) is 0 Å². The SMILES string of the molecule is CCCCc1nc2ccccc2c(CCCC)c1CCCC. The molecule has 0 aliphatic rings. The summed E-state index contributed by atoms with van der Waals surface area (Å²) in [4.78, 5) is 5.03. The van der Waals surface area contributed by atoms with Gasteiger partial charge in [-0.05, 0) is 55.7 Å². The van der Waals surface area contributed by atoms with Gasteiger partial charge in [-0.2, -0.15) is 0 Å². The largest absolute Gasteiger partial charge is 0.253 e. The van der Waals surface area contributed by atoms with Crippen LogP contribution in [0.1, 0.15) is 76.1 Å². The Morgan fingerprint density at radius 2 is 1.32 bits per heavy atom. The molecule has 0 atom stereocenters. The first-order chi connectivity index (χ1) is 10.8. The highest BCUT2D eigenvalue weighted by Gasteiger charge is 2.14. The van der Waals surface area contributed by atoms with Crippen LogP contribution in [0, 0.1) is 0 Å². The van der Waals surface area contributed by atoms with Crippen molar-refractivity contribution in [3.05, 3.63) is 41.1 Å². The Bertz CT molecular complexity index is 586. The lowest BCUT2D eigenvalue weighted by Crippen LogP contribution is -2.06. The van der Waals surface area contributed by atoms with Gasteiger partial charge in [-0.3, -0.25) is 4.98 Å². The van der Waals surface area contributed by atoms with Crippen LogP contribution in [0.15, 0.2) is 24.3 Å². The van der Waals surface area contributed by atoms with Crippen molar-refractivity contribution in [1.82, 2.24) is 4.98 Å². The smallest absolute Gasteiger partial charge is 0.0708 e. The van der Waals surface area contributed by atoms with Crippen molar-refractivity contribution in [3.8, 4) is 0 Å². The third-order valence-electron chi connectivity index (χ3n) is 4.52. The first-order valence-corrected chi connectivity index (χ1v) is 9.21. The number of nitrogens with zero attached hydrogens (tertiary/aromatic N) is 1. The van der Waals surface area contributed by atoms with Crippen molar-refractivity contribution in [2.75, 3.05) is 0 Å². The molecule has 2 aromatic rings. The molecule has 0 N–H and O–H groups in total. The molecule has 0 amide bonds. The molecule has 1 aromatic carbocycles. The van der Waals surface area contributed by atoms with Crippen LogP contribution in [-0.2, 0) is 19.3 Å². The van der Waals surface area contributed by atoms with Crippen molar-refractivity contribution in [2.24, 2.45) is 0 Å². The Hall–Kier alpha value is -1.37. The van der Waals surface area contributed by atoms with E-state index in [0.29, 0.717) is 0 Å². The van der Waals surface area contributed by atoms with Gasteiger partial charge >= 0.3 is 0 Å². The van der Waals surface area contributed by atoms with E-state index in [9.17, 15) is 0 Å². The first-order valence-electron chi connectivity index (χ1n) is 9.21. The van der Waals surface area contributed by atoms with Gasteiger partial charge in [0.05, 0.1) is 5.52 Å². The summed E-state index contributed by atoms with van der Waals surface area (Å²) in [5.41, 5.74) is 5.73. The summed E-state index contributed by atoms with van der Waals surface area (Å²) in [5, 5.41) is 1.39. The van der Waals surface area contributed by atoms with Crippen LogP contribution in [-0.4, -0.2) is 4.98 Å². The fraction of sp³-hybridized carbons (Fsp3) is 0.571. The molecular weight excluding hydrogens is 266 g/mol. The second-order valence-electron chi connectivity index (χ2n) is 6.34. The molecule has 22 heavy (non-hydrogen) atoms. The Kier molecular flexibility index (Phi) is 6.89. The number of aromatic nitrogens is 1. The van der Waals surface area contributed by atoms with Gasteiger partial charge < -0.3 is 0 Å². The maximum absolute atomic E-state index is 5.03. The van der Waals surface area contributed by atoms with Crippen LogP contribution < -0.4 is 0 Å². The monoisotopic (exact) mass is 297 g/mol. The van der Waals surface area contributed by atoms with Gasteiger partial charge in [0.1, 0.15) is 0 Å². The summed E-state index contributed by atoms with van der Waals surface area (Å²) in [6.07, 6.45) is 11.1. The van der Waals surface area contributed by atoms with E-state index in [4.69, 9.17) is 4.98 Å². The summed E-state index contributed by atoms with van der Waals surface area (Å²) in [5.74, 6) is 0. The van der Waals surface area contributed by atoms with Crippen LogP contribution in [0.4, 0.5) is 0 Å². The minimum Gasteiger partial charge on any atom is -0.253 e. The second-order valence-corrected chi connectivity index (χ2v) is 6.34. The molecule has 1 heterocycles. The Labute approximate surface area is 136 Å². The molecule has 1 heteroatoms. The highest BCUT2D eigenvalue weighted by molar-refractivity contribution is 5.83. The summed E-state index contributed by atoms with van der Waals surface area (Å²) in [7, 11) is 0. The summed E-state index contributed by atoms with van der Waals surface area (Å²) in [6, 6.07) is 8.74. The fourth-order valence-corrected chi connectivity index (χ4v) is 3.21. The molecule has 0 spiro atoms. The summed E-state index contributed by atoms with van der Waals surface area (Å²) >= 11 is 0. The minimum atomic E-state index is 1.14. The lowest BCUT2D eigenvalue weighted by Gasteiger charge is -2.17. The zero-order valence-corrected chi connectivity index (χ0v) is 14.6. The van der Waals surface area contributed by atoms with E-state index in [2.05, 4.69) is 45.0 Å². The highest BCUT2D eigenvalue weighted by Crippen LogP contribution is 2.27. The van der Waals surface area contributed by atoms with Crippen molar-refractivity contribution in [1.29, 1.82) is 0 Å². The standard InChI is InChI=1S/C21H31N/c1-4-7-12-17-18(13-8-5-2)20(15-9-6-3)22-21-16-11-10-14-19(17)21/h10-11,14,16H,4-9,12-13,15H2,1-3H3. The molecule has 0 saturated heterocycles. The van der Waals surface area contributed by atoms with E-state index in [0.717, 1.165) is 6.42 Å². The quantitative estimate of drug-likeness (QED) is 0.532. The molecule has 0 aliphatic heterocycles. The number of benzene rings is 1. The number of pyridine rings is 1. The van der Waals surface area contributed by atoms with Crippen LogP contribution in [0.5, 0.6) is 0 Å². The van der Waals surface area contributed by atoms with Crippen LogP contribution in [0.3, 0.4) is 0 Å². The fourth-order valence-electron chi connectivity index (χ4n) is 3.21. The van der Waals surface area contributed by atoms with E-state index < -0.39 is 0 Å². The zero-order valence-electron chi connectivity index (χ0n) is 14.6. The van der Waals surface area contributed by atoms with Crippen LogP contribution in [0.2, 0.25) is 0 Å². The lowest BCUT2D eigenvalue weighted by molar-refractivity contribution is 0.726. The predicted molar refractivity (Wildman–Crippen MR) is 97.6 cm³/mol. The molecule has 0 fully saturated rings. The molecule has 1 nitrogen and oxygen atoms in total. The average Bonchev–Trinajstić information content (AvgIpc) is 2.56. The van der Waals surface area contributed by atoms with Gasteiger partial charge in [0.25, 0.3) is 0 Å². The number of para-hydroxylation sites is 1. The number of hydrogen-bond acceptors (Lipinski definition) is 1. The molecule has 2 rings (SSSR count). The van der Waals surface area contributed by atoms with Crippen molar-refractivity contribution < 1.29 is 0 Å². The summed E-state index contributed by atoms with van der Waals surface area (Å²) < 4.78 is 0. The molecular formula is C21H31N. The number of fused-ring (bicyclic) bond motifs is 1. The molecule has 0 radical (unpaired) electrons. The van der Waals surface area contributed by atoms with Gasteiger partial charge in [-0.15, -0.1) is 0 Å². The molecule has 0 saturated carbocycles. The summed E-state index contributed by atoms with van der Waals surface area (Å²) in [6.45, 7) is 6.84. The Morgan fingerprint density at radius 1 is 0.727 bits per heavy atom. The minimum absolute atomic E-state index is 1.14. The van der Waals surface area contributed by atoms with E-state index in [1.165, 1.54) is 68.0 Å². The highest BCUT2D eigenvalue weighted by atomic mass is 14.7. The third-order valence-corrected chi connectivity index (χ3v) is 4.52. The maximum Gasteiger partial charge on any atom is 0.0708 e. The van der Waals surface area contributed by atoms with Gasteiger partial charge in [-0.1, -0.05) is 58.2 Å². The number of aryl methyl sites for hydroxylation is 2. The van der Waals surface area contributed by atoms with E-state index in [-0.39, 0.29) is 0 Å². The van der Waals surface area contributed by atoms with Gasteiger partial charge in [-0.25, -0.2) is 0 Å². The van der Waals surface area contributed by atoms with Gasteiger partial charge in [0.2, 0.25) is 0 Å². The van der Waals surface area contributed by atoms with Crippen molar-refractivity contribution >= 4 is 10.9 Å². The number of unbranched alkanes of at least 4 members (excludes halogenated alkanes) is 3. The number of hydrogen-bond donors (Lipinski definition) is 0. The molecule has 0 unspecified atom stereocenters. The lowest BCUT2D eigenvalue weighted by atomic mass is 9.91. The van der Waals surface area contributed by atoms with Crippen molar-refractivity contribution in [3.63, 3.8) is 0 Å². The Balaban J connectivity index is 2.52. The normalized spacial score (nSPS) is 11.2.